The van der Waals surface area contributed by atoms with Crippen LogP contribution in [0.4, 0.5) is 0 Å². The minimum Gasteiger partial charge on any atom is -0.305 e. The van der Waals surface area contributed by atoms with Crippen LogP contribution in [0.1, 0.15) is 6.42 Å². The van der Waals surface area contributed by atoms with Gasteiger partial charge in [-0.3, -0.25) is 14.8 Å². The van der Waals surface area contributed by atoms with Gasteiger partial charge in [0, 0.05) is 0 Å². The molecule has 1 heterocycles. The number of hydrogen-bond acceptors (Lipinski definition) is 4. The van der Waals surface area contributed by atoms with Crippen molar-refractivity contribution in [2.45, 2.75) is 11.7 Å². The molecule has 0 bridgehead atoms. The molecule has 1 saturated heterocycles. The highest BCUT2D eigenvalue weighted by Crippen LogP contribution is 2.14. The van der Waals surface area contributed by atoms with Crippen molar-refractivity contribution in [2.75, 3.05) is 0 Å². The molecule has 7 heteroatoms. The van der Waals surface area contributed by atoms with Crippen LogP contribution in [0, 0.1) is 0 Å². The van der Waals surface area contributed by atoms with Gasteiger partial charge in [0.2, 0.25) is 0 Å². The van der Waals surface area contributed by atoms with E-state index >= 15 is 0 Å². The van der Waals surface area contributed by atoms with E-state index in [-0.39, 0.29) is 5.06 Å². The topological polar surface area (TPSA) is 94.9 Å². The fourth-order valence-corrected chi connectivity index (χ4v) is 1.31. The van der Waals surface area contributed by atoms with Crippen LogP contribution in [0.15, 0.2) is 0 Å². The third kappa shape index (κ3) is 1.30. The SMILES string of the molecule is O=C1CC(S(=O)O)C(=O)N1O. The zero-order chi connectivity index (χ0) is 8.59. The molecular weight excluding hydrogens is 174 g/mol. The summed E-state index contributed by atoms with van der Waals surface area (Å²) in [5.41, 5.74) is 0. The smallest absolute Gasteiger partial charge is 0.271 e. The fourth-order valence-electron chi connectivity index (χ4n) is 0.749. The third-order valence-electron chi connectivity index (χ3n) is 1.32. The predicted molar refractivity (Wildman–Crippen MR) is 32.8 cm³/mol. The van der Waals surface area contributed by atoms with E-state index in [1.54, 1.807) is 0 Å². The summed E-state index contributed by atoms with van der Waals surface area (Å²) in [6.45, 7) is 0. The minimum atomic E-state index is -2.38. The molecular formula is C4H5NO5S. The van der Waals surface area contributed by atoms with Gasteiger partial charge in [0.25, 0.3) is 11.8 Å². The molecule has 1 rings (SSSR count). The number of carbonyl (C=O) groups excluding carboxylic acids is 2. The Morgan fingerprint density at radius 2 is 2.09 bits per heavy atom. The number of rotatable bonds is 1. The van der Waals surface area contributed by atoms with Crippen molar-refractivity contribution >= 4 is 22.9 Å². The van der Waals surface area contributed by atoms with E-state index in [1.807, 2.05) is 0 Å². The Bertz CT molecular complexity index is 239. The van der Waals surface area contributed by atoms with Gasteiger partial charge in [-0.25, -0.2) is 4.21 Å². The van der Waals surface area contributed by atoms with Crippen LogP contribution in [0.5, 0.6) is 0 Å². The summed E-state index contributed by atoms with van der Waals surface area (Å²) in [5.74, 6) is -1.86. The molecule has 1 aliphatic heterocycles. The molecule has 1 aliphatic rings. The van der Waals surface area contributed by atoms with Gasteiger partial charge in [0.05, 0.1) is 6.42 Å². The van der Waals surface area contributed by atoms with Gasteiger partial charge < -0.3 is 4.55 Å². The van der Waals surface area contributed by atoms with Gasteiger partial charge in [-0.05, 0) is 0 Å². The van der Waals surface area contributed by atoms with Crippen molar-refractivity contribution in [3.63, 3.8) is 0 Å². The first-order chi connectivity index (χ1) is 5.04. The quantitative estimate of drug-likeness (QED) is 0.297. The van der Waals surface area contributed by atoms with Gasteiger partial charge in [0.15, 0.2) is 16.3 Å². The largest absolute Gasteiger partial charge is 0.305 e. The van der Waals surface area contributed by atoms with Crippen molar-refractivity contribution in [1.29, 1.82) is 0 Å². The van der Waals surface area contributed by atoms with Crippen LogP contribution in [0.25, 0.3) is 0 Å². The number of nitrogens with zero attached hydrogens (tertiary/aromatic N) is 1. The zero-order valence-electron chi connectivity index (χ0n) is 5.26. The van der Waals surface area contributed by atoms with E-state index in [0.29, 0.717) is 0 Å². The first-order valence-corrected chi connectivity index (χ1v) is 3.86. The molecule has 1 fully saturated rings. The van der Waals surface area contributed by atoms with Gasteiger partial charge in [-0.2, -0.15) is 5.06 Å². The van der Waals surface area contributed by atoms with Crippen LogP contribution < -0.4 is 0 Å². The van der Waals surface area contributed by atoms with Crippen molar-refractivity contribution in [2.24, 2.45) is 0 Å². The normalized spacial score (nSPS) is 27.8. The summed E-state index contributed by atoms with van der Waals surface area (Å²) in [4.78, 5) is 21.2. The van der Waals surface area contributed by atoms with E-state index in [0.717, 1.165) is 0 Å². The zero-order valence-corrected chi connectivity index (χ0v) is 6.08. The summed E-state index contributed by atoms with van der Waals surface area (Å²) in [6.07, 6.45) is -0.404. The van der Waals surface area contributed by atoms with E-state index in [9.17, 15) is 13.8 Å². The average Bonchev–Trinajstić information content (AvgIpc) is 2.17. The van der Waals surface area contributed by atoms with E-state index in [4.69, 9.17) is 9.76 Å². The summed E-state index contributed by atoms with van der Waals surface area (Å²) in [6, 6.07) is 0. The van der Waals surface area contributed by atoms with Crippen LogP contribution >= 0.6 is 0 Å². The Labute approximate surface area is 64.0 Å². The standard InChI is InChI=1S/C4H5NO5S/c6-3-1-2(11(9)10)4(7)5(3)8/h2,8H,1H2,(H,9,10). The molecule has 2 atom stereocenters. The minimum absolute atomic E-state index is 0.126. The Kier molecular flexibility index (Phi) is 2.03. The molecule has 0 radical (unpaired) electrons. The lowest BCUT2D eigenvalue weighted by Gasteiger charge is -2.01. The Morgan fingerprint density at radius 1 is 1.55 bits per heavy atom. The Balaban J connectivity index is 2.83. The number of hydroxylamine groups is 2. The molecule has 0 aromatic carbocycles. The number of imide groups is 1. The summed E-state index contributed by atoms with van der Waals surface area (Å²) >= 11 is -2.38. The van der Waals surface area contributed by atoms with E-state index < -0.39 is 34.6 Å². The second-order valence-electron chi connectivity index (χ2n) is 2.01. The van der Waals surface area contributed by atoms with Gasteiger partial charge in [0.1, 0.15) is 0 Å². The predicted octanol–water partition coefficient (Wildman–Crippen LogP) is -1.28. The van der Waals surface area contributed by atoms with Crippen molar-refractivity contribution in [1.82, 2.24) is 5.06 Å². The Morgan fingerprint density at radius 3 is 2.27 bits per heavy atom. The first kappa shape index (κ1) is 8.31. The van der Waals surface area contributed by atoms with Crippen molar-refractivity contribution < 1.29 is 23.6 Å². The molecule has 2 unspecified atom stereocenters. The number of amides is 2. The first-order valence-electron chi connectivity index (χ1n) is 2.69. The van der Waals surface area contributed by atoms with E-state index in [2.05, 4.69) is 0 Å². The molecule has 0 spiro atoms. The molecule has 62 valence electrons. The van der Waals surface area contributed by atoms with Crippen molar-refractivity contribution in [3.05, 3.63) is 0 Å². The highest BCUT2D eigenvalue weighted by Gasteiger charge is 2.41. The third-order valence-corrected chi connectivity index (χ3v) is 2.18. The summed E-state index contributed by atoms with van der Waals surface area (Å²) in [5, 5.41) is 7.15. The van der Waals surface area contributed by atoms with Gasteiger partial charge >= 0.3 is 0 Å². The molecule has 11 heavy (non-hydrogen) atoms. The summed E-state index contributed by atoms with van der Waals surface area (Å²) < 4.78 is 18.7. The average molecular weight is 179 g/mol. The monoisotopic (exact) mass is 179 g/mol. The fraction of sp³-hybridized carbons (Fsp3) is 0.500. The lowest BCUT2D eigenvalue weighted by Crippen LogP contribution is -2.30. The maximum Gasteiger partial charge on any atom is 0.271 e. The summed E-state index contributed by atoms with van der Waals surface area (Å²) in [7, 11) is 0. The maximum absolute atomic E-state index is 10.7. The van der Waals surface area contributed by atoms with E-state index in [1.165, 1.54) is 0 Å². The maximum atomic E-state index is 10.7. The number of carbonyl (C=O) groups is 2. The highest BCUT2D eigenvalue weighted by atomic mass is 32.2. The van der Waals surface area contributed by atoms with Crippen LogP contribution in [0.3, 0.4) is 0 Å². The molecule has 0 aliphatic carbocycles. The van der Waals surface area contributed by atoms with Gasteiger partial charge in [-0.1, -0.05) is 0 Å². The molecule has 0 saturated carbocycles. The molecule has 0 aromatic rings. The van der Waals surface area contributed by atoms with Crippen LogP contribution in [-0.4, -0.2) is 36.1 Å². The lowest BCUT2D eigenvalue weighted by atomic mass is 10.4. The molecule has 2 amide bonds. The second kappa shape index (κ2) is 2.68. The molecule has 2 N–H and O–H groups in total. The van der Waals surface area contributed by atoms with Gasteiger partial charge in [-0.15, -0.1) is 0 Å². The second-order valence-corrected chi connectivity index (χ2v) is 3.13. The Hall–Kier alpha value is -0.790. The lowest BCUT2D eigenvalue weighted by molar-refractivity contribution is -0.170. The van der Waals surface area contributed by atoms with Crippen LogP contribution in [0.2, 0.25) is 0 Å². The highest BCUT2D eigenvalue weighted by molar-refractivity contribution is 7.80. The number of hydrogen-bond donors (Lipinski definition) is 2. The molecule has 0 aromatic heterocycles. The van der Waals surface area contributed by atoms with Crippen LogP contribution in [-0.2, 0) is 20.7 Å². The molecule has 6 nitrogen and oxygen atoms in total. The van der Waals surface area contributed by atoms with Crippen molar-refractivity contribution in [3.8, 4) is 0 Å².